The highest BCUT2D eigenvalue weighted by Gasteiger charge is 2.42. The quantitative estimate of drug-likeness (QED) is 0.725. The molecule has 0 atom stereocenters. The van der Waals surface area contributed by atoms with Gasteiger partial charge >= 0.3 is 0 Å². The van der Waals surface area contributed by atoms with Crippen molar-refractivity contribution >= 4 is 11.8 Å². The van der Waals surface area contributed by atoms with Crippen LogP contribution in [0.2, 0.25) is 0 Å². The van der Waals surface area contributed by atoms with E-state index in [-0.39, 0.29) is 11.2 Å². The maximum absolute atomic E-state index is 13.3. The summed E-state index contributed by atoms with van der Waals surface area (Å²) in [5.41, 5.74) is 0.182. The van der Waals surface area contributed by atoms with E-state index >= 15 is 0 Å². The lowest BCUT2D eigenvalue weighted by atomic mass is 10.1. The predicted octanol–water partition coefficient (Wildman–Crippen LogP) is 3.61. The van der Waals surface area contributed by atoms with Crippen molar-refractivity contribution in [3.05, 3.63) is 30.1 Å². The van der Waals surface area contributed by atoms with Crippen LogP contribution in [0.15, 0.2) is 29.2 Å². The largest absolute Gasteiger partial charge is 0.206 e. The van der Waals surface area contributed by atoms with Crippen LogP contribution >= 0.6 is 11.8 Å². The summed E-state index contributed by atoms with van der Waals surface area (Å²) < 4.78 is 13.3. The van der Waals surface area contributed by atoms with E-state index in [9.17, 15) is 4.39 Å². The molecular formula is C12H12FNS. The van der Waals surface area contributed by atoms with Gasteiger partial charge in [-0.05, 0) is 30.4 Å². The Morgan fingerprint density at radius 1 is 1.40 bits per heavy atom. The van der Waals surface area contributed by atoms with Crippen LogP contribution in [0.3, 0.4) is 0 Å². The van der Waals surface area contributed by atoms with Crippen LogP contribution in [0.1, 0.15) is 19.3 Å². The molecule has 1 aliphatic carbocycles. The third-order valence-electron chi connectivity index (χ3n) is 2.78. The molecule has 3 heteroatoms. The van der Waals surface area contributed by atoms with Crippen LogP contribution in [0, 0.1) is 22.6 Å². The predicted molar refractivity (Wildman–Crippen MR) is 59.0 cm³/mol. The van der Waals surface area contributed by atoms with Crippen LogP contribution in [0.5, 0.6) is 0 Å². The Morgan fingerprint density at radius 2 is 2.13 bits per heavy atom. The van der Waals surface area contributed by atoms with E-state index in [1.165, 1.54) is 17.8 Å². The minimum atomic E-state index is -0.157. The third-order valence-corrected chi connectivity index (χ3v) is 4.18. The molecule has 0 aromatic heterocycles. The van der Waals surface area contributed by atoms with Gasteiger partial charge in [-0.3, -0.25) is 0 Å². The van der Waals surface area contributed by atoms with E-state index in [1.807, 2.05) is 6.07 Å². The number of nitriles is 1. The summed E-state index contributed by atoms with van der Waals surface area (Å²) in [5, 5.41) is 8.66. The maximum atomic E-state index is 13.3. The lowest BCUT2D eigenvalue weighted by molar-refractivity contribution is 0.592. The average molecular weight is 221 g/mol. The molecule has 1 aromatic rings. The van der Waals surface area contributed by atoms with Crippen molar-refractivity contribution in [2.75, 3.05) is 5.75 Å². The monoisotopic (exact) mass is 221 g/mol. The lowest BCUT2D eigenvalue weighted by Gasteiger charge is -2.10. The number of thioether (sulfide) groups is 1. The van der Waals surface area contributed by atoms with Gasteiger partial charge in [0.15, 0.2) is 0 Å². The van der Waals surface area contributed by atoms with Crippen LogP contribution in [-0.4, -0.2) is 5.75 Å². The highest BCUT2D eigenvalue weighted by atomic mass is 32.2. The SMILES string of the molecule is N#CCC1(CSc2ccccc2F)CC1. The first-order valence-corrected chi connectivity index (χ1v) is 5.99. The fourth-order valence-corrected chi connectivity index (χ4v) is 2.74. The van der Waals surface area contributed by atoms with E-state index < -0.39 is 0 Å². The summed E-state index contributed by atoms with van der Waals surface area (Å²) in [7, 11) is 0. The highest BCUT2D eigenvalue weighted by Crippen LogP contribution is 2.51. The third kappa shape index (κ3) is 2.51. The number of hydrogen-bond donors (Lipinski definition) is 0. The Bertz CT molecular complexity index is 393. The molecule has 0 radical (unpaired) electrons. The average Bonchev–Trinajstić information content (AvgIpc) is 2.98. The number of benzene rings is 1. The molecule has 15 heavy (non-hydrogen) atoms. The summed E-state index contributed by atoms with van der Waals surface area (Å²) in [6, 6.07) is 9.03. The molecule has 0 spiro atoms. The molecule has 1 nitrogen and oxygen atoms in total. The molecule has 0 N–H and O–H groups in total. The van der Waals surface area contributed by atoms with E-state index in [0.29, 0.717) is 11.3 Å². The van der Waals surface area contributed by atoms with Gasteiger partial charge in [0.1, 0.15) is 5.82 Å². The van der Waals surface area contributed by atoms with E-state index in [1.54, 1.807) is 12.1 Å². The van der Waals surface area contributed by atoms with Crippen molar-refractivity contribution in [3.8, 4) is 6.07 Å². The Morgan fingerprint density at radius 3 is 2.73 bits per heavy atom. The van der Waals surface area contributed by atoms with Gasteiger partial charge in [-0.25, -0.2) is 4.39 Å². The molecule has 0 aliphatic heterocycles. The fraction of sp³-hybridized carbons (Fsp3) is 0.417. The van der Waals surface area contributed by atoms with Crippen molar-refractivity contribution in [2.24, 2.45) is 5.41 Å². The minimum Gasteiger partial charge on any atom is -0.206 e. The Kier molecular flexibility index (Phi) is 2.97. The van der Waals surface area contributed by atoms with E-state index in [2.05, 4.69) is 6.07 Å². The molecule has 2 rings (SSSR count). The van der Waals surface area contributed by atoms with Gasteiger partial charge in [-0.15, -0.1) is 11.8 Å². The molecule has 1 fully saturated rings. The first kappa shape index (κ1) is 10.5. The summed E-state index contributed by atoms with van der Waals surface area (Å²) in [5.74, 6) is 0.705. The van der Waals surface area contributed by atoms with Crippen LogP contribution in [0.25, 0.3) is 0 Å². The molecule has 0 bridgehead atoms. The minimum absolute atomic E-state index is 0.157. The summed E-state index contributed by atoms with van der Waals surface area (Å²) in [6.07, 6.45) is 2.83. The van der Waals surface area contributed by atoms with Gasteiger partial charge in [0, 0.05) is 17.1 Å². The van der Waals surface area contributed by atoms with Crippen LogP contribution in [-0.2, 0) is 0 Å². The second-order valence-electron chi connectivity index (χ2n) is 4.05. The molecule has 0 saturated heterocycles. The zero-order valence-electron chi connectivity index (χ0n) is 8.37. The second-order valence-corrected chi connectivity index (χ2v) is 5.07. The lowest BCUT2D eigenvalue weighted by Crippen LogP contribution is -2.02. The topological polar surface area (TPSA) is 23.8 Å². The van der Waals surface area contributed by atoms with Crippen LogP contribution < -0.4 is 0 Å². The molecule has 0 heterocycles. The van der Waals surface area contributed by atoms with Crippen LogP contribution in [0.4, 0.5) is 4.39 Å². The molecular weight excluding hydrogens is 209 g/mol. The Labute approximate surface area is 93.3 Å². The van der Waals surface area contributed by atoms with Crippen molar-refractivity contribution in [1.29, 1.82) is 5.26 Å². The molecule has 78 valence electrons. The van der Waals surface area contributed by atoms with Gasteiger partial charge in [-0.1, -0.05) is 12.1 Å². The smallest absolute Gasteiger partial charge is 0.136 e. The highest BCUT2D eigenvalue weighted by molar-refractivity contribution is 7.99. The fourth-order valence-electron chi connectivity index (χ4n) is 1.51. The summed E-state index contributed by atoms with van der Waals surface area (Å²) in [6.45, 7) is 0. The Hall–Kier alpha value is -1.01. The normalized spacial score (nSPS) is 17.1. The van der Waals surface area contributed by atoms with Crippen molar-refractivity contribution in [1.82, 2.24) is 0 Å². The van der Waals surface area contributed by atoms with Gasteiger partial charge in [0.05, 0.1) is 6.07 Å². The number of rotatable bonds is 4. The van der Waals surface area contributed by atoms with Crippen molar-refractivity contribution in [3.63, 3.8) is 0 Å². The number of halogens is 1. The van der Waals surface area contributed by atoms with E-state index in [0.717, 1.165) is 18.6 Å². The maximum Gasteiger partial charge on any atom is 0.136 e. The molecule has 1 aromatic carbocycles. The number of hydrogen-bond acceptors (Lipinski definition) is 2. The van der Waals surface area contributed by atoms with Crippen molar-refractivity contribution < 1.29 is 4.39 Å². The van der Waals surface area contributed by atoms with Gasteiger partial charge in [-0.2, -0.15) is 5.26 Å². The van der Waals surface area contributed by atoms with Gasteiger partial charge < -0.3 is 0 Å². The molecule has 0 amide bonds. The molecule has 1 aliphatic rings. The van der Waals surface area contributed by atoms with E-state index in [4.69, 9.17) is 5.26 Å². The standard InChI is InChI=1S/C12H12FNS/c13-10-3-1-2-4-11(10)15-9-12(5-6-12)7-8-14/h1-4H,5-7,9H2. The zero-order valence-corrected chi connectivity index (χ0v) is 9.19. The molecule has 0 unspecified atom stereocenters. The Balaban J connectivity index is 1.94. The zero-order chi connectivity index (χ0) is 10.7. The van der Waals surface area contributed by atoms with Gasteiger partial charge in [0.2, 0.25) is 0 Å². The van der Waals surface area contributed by atoms with Gasteiger partial charge in [0.25, 0.3) is 0 Å². The summed E-state index contributed by atoms with van der Waals surface area (Å²) in [4.78, 5) is 0.696. The molecule has 1 saturated carbocycles. The second kappa shape index (κ2) is 4.24. The summed E-state index contributed by atoms with van der Waals surface area (Å²) >= 11 is 1.53. The van der Waals surface area contributed by atoms with Crippen molar-refractivity contribution in [2.45, 2.75) is 24.2 Å². The first-order chi connectivity index (χ1) is 7.26. The first-order valence-electron chi connectivity index (χ1n) is 5.00. The number of nitrogens with zero attached hydrogens (tertiary/aromatic N) is 1.